The molecule has 1 aliphatic rings. The first-order chi connectivity index (χ1) is 6.88. The second-order valence-electron chi connectivity index (χ2n) is 4.10. The van der Waals surface area contributed by atoms with E-state index in [4.69, 9.17) is 5.73 Å². The van der Waals surface area contributed by atoms with E-state index in [1.807, 2.05) is 6.20 Å². The standard InChI is InChI=1S/C10H17N3S/c11-10(9-7-12-13-14-9)8-5-3-1-2-4-6-8/h7-8,10H,1-6,11H2. The number of aromatic nitrogens is 2. The van der Waals surface area contributed by atoms with Crippen LogP contribution in [0, 0.1) is 5.92 Å². The van der Waals surface area contributed by atoms with E-state index in [1.54, 1.807) is 0 Å². The van der Waals surface area contributed by atoms with Gasteiger partial charge in [-0.2, -0.15) is 0 Å². The SMILES string of the molecule is NC(c1cnns1)C1CCCCCC1. The molecule has 0 radical (unpaired) electrons. The second kappa shape index (κ2) is 4.84. The Morgan fingerprint density at radius 2 is 2.00 bits per heavy atom. The first-order valence-electron chi connectivity index (χ1n) is 5.41. The summed E-state index contributed by atoms with van der Waals surface area (Å²) in [6.45, 7) is 0. The van der Waals surface area contributed by atoms with Crippen LogP contribution in [-0.2, 0) is 0 Å². The number of nitrogens with zero attached hydrogens (tertiary/aromatic N) is 2. The van der Waals surface area contributed by atoms with Gasteiger partial charge in [0.05, 0.1) is 11.1 Å². The van der Waals surface area contributed by atoms with E-state index in [0.29, 0.717) is 5.92 Å². The van der Waals surface area contributed by atoms with Gasteiger partial charge in [-0.3, -0.25) is 0 Å². The monoisotopic (exact) mass is 211 g/mol. The first kappa shape index (κ1) is 10.1. The van der Waals surface area contributed by atoms with E-state index in [2.05, 4.69) is 9.59 Å². The molecule has 3 nitrogen and oxygen atoms in total. The van der Waals surface area contributed by atoms with Crippen LogP contribution in [-0.4, -0.2) is 9.59 Å². The molecule has 0 spiro atoms. The van der Waals surface area contributed by atoms with E-state index >= 15 is 0 Å². The molecule has 2 N–H and O–H groups in total. The van der Waals surface area contributed by atoms with Crippen LogP contribution in [0.4, 0.5) is 0 Å². The Kier molecular flexibility index (Phi) is 3.48. The average molecular weight is 211 g/mol. The van der Waals surface area contributed by atoms with Crippen LogP contribution in [0.1, 0.15) is 49.4 Å². The van der Waals surface area contributed by atoms with Crippen LogP contribution in [0.5, 0.6) is 0 Å². The molecule has 0 aliphatic heterocycles. The van der Waals surface area contributed by atoms with Gasteiger partial charge in [-0.1, -0.05) is 30.2 Å². The fourth-order valence-corrected chi connectivity index (χ4v) is 2.82. The Bertz CT molecular complexity index is 252. The molecule has 2 rings (SSSR count). The van der Waals surface area contributed by atoms with Gasteiger partial charge in [-0.15, -0.1) is 5.10 Å². The van der Waals surface area contributed by atoms with Gasteiger partial charge in [0.2, 0.25) is 0 Å². The summed E-state index contributed by atoms with van der Waals surface area (Å²) in [7, 11) is 0. The lowest BCUT2D eigenvalue weighted by Crippen LogP contribution is -2.20. The van der Waals surface area contributed by atoms with E-state index in [0.717, 1.165) is 4.88 Å². The fraction of sp³-hybridized carbons (Fsp3) is 0.800. The Labute approximate surface area is 88.9 Å². The normalized spacial score (nSPS) is 21.8. The maximum absolute atomic E-state index is 6.21. The molecule has 0 amide bonds. The lowest BCUT2D eigenvalue weighted by Gasteiger charge is -2.20. The van der Waals surface area contributed by atoms with Crippen molar-refractivity contribution in [2.24, 2.45) is 11.7 Å². The third kappa shape index (κ3) is 2.30. The van der Waals surface area contributed by atoms with Crippen molar-refractivity contribution in [2.75, 3.05) is 0 Å². The molecule has 1 aromatic heterocycles. The Morgan fingerprint density at radius 1 is 1.29 bits per heavy atom. The first-order valence-corrected chi connectivity index (χ1v) is 6.18. The van der Waals surface area contributed by atoms with Gasteiger partial charge in [0.1, 0.15) is 0 Å². The molecular formula is C10H17N3S. The second-order valence-corrected chi connectivity index (χ2v) is 4.91. The van der Waals surface area contributed by atoms with E-state index in [-0.39, 0.29) is 6.04 Å². The maximum atomic E-state index is 6.21. The predicted octanol–water partition coefficient (Wildman–Crippen LogP) is 2.51. The molecule has 1 saturated carbocycles. The number of rotatable bonds is 2. The summed E-state index contributed by atoms with van der Waals surface area (Å²) in [5.74, 6) is 0.653. The van der Waals surface area contributed by atoms with E-state index in [9.17, 15) is 0 Å². The highest BCUT2D eigenvalue weighted by molar-refractivity contribution is 7.05. The lowest BCUT2D eigenvalue weighted by atomic mass is 9.92. The minimum atomic E-state index is 0.174. The van der Waals surface area contributed by atoms with Crippen LogP contribution in [0.25, 0.3) is 0 Å². The van der Waals surface area contributed by atoms with Gasteiger partial charge in [0, 0.05) is 6.04 Å². The molecule has 1 atom stereocenters. The summed E-state index contributed by atoms with van der Waals surface area (Å²) >= 11 is 1.45. The highest BCUT2D eigenvalue weighted by Gasteiger charge is 2.22. The van der Waals surface area contributed by atoms with Gasteiger partial charge in [0.25, 0.3) is 0 Å². The molecule has 0 saturated heterocycles. The molecule has 0 bridgehead atoms. The summed E-state index contributed by atoms with van der Waals surface area (Å²) in [5, 5.41) is 3.85. The Balaban J connectivity index is 1.99. The van der Waals surface area contributed by atoms with Crippen molar-refractivity contribution in [3.63, 3.8) is 0 Å². The molecule has 1 heterocycles. The molecule has 1 aromatic rings. The molecule has 0 aromatic carbocycles. The minimum absolute atomic E-state index is 0.174. The zero-order valence-electron chi connectivity index (χ0n) is 8.35. The van der Waals surface area contributed by atoms with Crippen molar-refractivity contribution in [3.05, 3.63) is 11.1 Å². The smallest absolute Gasteiger partial charge is 0.0669 e. The van der Waals surface area contributed by atoms with Crippen LogP contribution in [0.3, 0.4) is 0 Å². The van der Waals surface area contributed by atoms with E-state index < -0.39 is 0 Å². The summed E-state index contributed by atoms with van der Waals surface area (Å²) < 4.78 is 3.87. The van der Waals surface area contributed by atoms with Crippen LogP contribution >= 0.6 is 11.5 Å². The summed E-state index contributed by atoms with van der Waals surface area (Å²) in [5.41, 5.74) is 6.21. The number of nitrogens with two attached hydrogens (primary N) is 1. The van der Waals surface area contributed by atoms with E-state index in [1.165, 1.54) is 50.1 Å². The molecule has 78 valence electrons. The Morgan fingerprint density at radius 3 is 2.57 bits per heavy atom. The fourth-order valence-electron chi connectivity index (χ4n) is 2.22. The highest BCUT2D eigenvalue weighted by Crippen LogP contribution is 2.32. The quantitative estimate of drug-likeness (QED) is 0.765. The van der Waals surface area contributed by atoms with Gasteiger partial charge < -0.3 is 5.73 Å². The maximum Gasteiger partial charge on any atom is 0.0669 e. The summed E-state index contributed by atoms with van der Waals surface area (Å²) in [6.07, 6.45) is 9.81. The molecule has 1 aliphatic carbocycles. The zero-order chi connectivity index (χ0) is 9.80. The molecular weight excluding hydrogens is 194 g/mol. The van der Waals surface area contributed by atoms with Crippen LogP contribution < -0.4 is 5.73 Å². The summed E-state index contributed by atoms with van der Waals surface area (Å²) in [4.78, 5) is 1.15. The minimum Gasteiger partial charge on any atom is -0.323 e. The van der Waals surface area contributed by atoms with Crippen molar-refractivity contribution in [1.82, 2.24) is 9.59 Å². The Hall–Kier alpha value is -0.480. The summed E-state index contributed by atoms with van der Waals surface area (Å²) in [6, 6.07) is 0.174. The zero-order valence-corrected chi connectivity index (χ0v) is 9.17. The topological polar surface area (TPSA) is 51.8 Å². The number of hydrogen-bond acceptors (Lipinski definition) is 4. The largest absolute Gasteiger partial charge is 0.323 e. The average Bonchev–Trinajstić information content (AvgIpc) is 2.59. The van der Waals surface area contributed by atoms with Gasteiger partial charge in [0.15, 0.2) is 0 Å². The third-order valence-corrected chi connectivity index (χ3v) is 3.88. The van der Waals surface area contributed by atoms with Crippen molar-refractivity contribution < 1.29 is 0 Å². The molecule has 1 unspecified atom stereocenters. The molecule has 4 heteroatoms. The predicted molar refractivity (Wildman–Crippen MR) is 58.0 cm³/mol. The van der Waals surface area contributed by atoms with Crippen molar-refractivity contribution in [2.45, 2.75) is 44.6 Å². The molecule has 1 fully saturated rings. The third-order valence-electron chi connectivity index (χ3n) is 3.11. The van der Waals surface area contributed by atoms with Crippen molar-refractivity contribution >= 4 is 11.5 Å². The van der Waals surface area contributed by atoms with Crippen LogP contribution in [0.15, 0.2) is 6.20 Å². The molecule has 14 heavy (non-hydrogen) atoms. The van der Waals surface area contributed by atoms with Crippen molar-refractivity contribution in [3.8, 4) is 0 Å². The lowest BCUT2D eigenvalue weighted by molar-refractivity contribution is 0.386. The van der Waals surface area contributed by atoms with Gasteiger partial charge >= 0.3 is 0 Å². The number of hydrogen-bond donors (Lipinski definition) is 1. The van der Waals surface area contributed by atoms with Crippen molar-refractivity contribution in [1.29, 1.82) is 0 Å². The van der Waals surface area contributed by atoms with Gasteiger partial charge in [-0.05, 0) is 30.3 Å². The van der Waals surface area contributed by atoms with Crippen LogP contribution in [0.2, 0.25) is 0 Å². The highest BCUT2D eigenvalue weighted by atomic mass is 32.1. The van der Waals surface area contributed by atoms with Gasteiger partial charge in [-0.25, -0.2) is 0 Å².